The van der Waals surface area contributed by atoms with Gasteiger partial charge in [0.05, 0.1) is 22.7 Å². The number of hydrogen-bond donors (Lipinski definition) is 0. The number of aryl methyl sites for hydroxylation is 1. The number of carbonyl (C=O) groups is 1. The number of nitrogens with zero attached hydrogens (tertiary/aromatic N) is 2. The van der Waals surface area contributed by atoms with Crippen molar-refractivity contribution in [2.45, 2.75) is 57.5 Å². The van der Waals surface area contributed by atoms with Crippen molar-refractivity contribution in [2.24, 2.45) is 0 Å². The molecule has 1 saturated heterocycles. The molecule has 0 spiro atoms. The molecule has 1 aromatic heterocycles. The summed E-state index contributed by atoms with van der Waals surface area (Å²) in [6.45, 7) is 1.88. The molecule has 0 radical (unpaired) electrons. The smallest absolute Gasteiger partial charge is 0.266 e. The van der Waals surface area contributed by atoms with Gasteiger partial charge in [-0.1, -0.05) is 19.3 Å². The molecule has 122 valence electrons. The van der Waals surface area contributed by atoms with Crippen LogP contribution in [-0.2, 0) is 9.84 Å². The Kier molecular flexibility index (Phi) is 4.54. The fraction of sp³-hybridized carbons (Fsp3) is 0.733. The van der Waals surface area contributed by atoms with Gasteiger partial charge in [0, 0.05) is 12.1 Å². The Bertz CT molecular complexity index is 647. The lowest BCUT2D eigenvalue weighted by Crippen LogP contribution is -2.48. The first kappa shape index (κ1) is 15.9. The number of hydrogen-bond acceptors (Lipinski definition) is 5. The summed E-state index contributed by atoms with van der Waals surface area (Å²) < 4.78 is 23.7. The van der Waals surface area contributed by atoms with E-state index in [0.29, 0.717) is 11.3 Å². The maximum absolute atomic E-state index is 13.0. The molecule has 1 saturated carbocycles. The van der Waals surface area contributed by atoms with Crippen LogP contribution in [0, 0.1) is 6.92 Å². The number of sulfone groups is 1. The van der Waals surface area contributed by atoms with Gasteiger partial charge in [-0.05, 0) is 26.2 Å². The van der Waals surface area contributed by atoms with Crippen molar-refractivity contribution in [3.05, 3.63) is 16.1 Å². The maximum atomic E-state index is 13.0. The lowest BCUT2D eigenvalue weighted by atomic mass is 9.92. The molecule has 2 aliphatic rings. The molecule has 2 fully saturated rings. The molecule has 1 aliphatic heterocycles. The standard InChI is InChI=1S/C15H22N2O3S2/c1-11-16-9-14(21-11)15(18)17(12-5-3-2-4-6-12)13-7-8-22(19,20)10-13/h9,12-13H,2-8,10H2,1H3. The lowest BCUT2D eigenvalue weighted by molar-refractivity contribution is 0.0546. The van der Waals surface area contributed by atoms with Gasteiger partial charge in [0.25, 0.3) is 5.91 Å². The van der Waals surface area contributed by atoms with Crippen LogP contribution in [0.1, 0.15) is 53.2 Å². The fourth-order valence-electron chi connectivity index (χ4n) is 3.57. The highest BCUT2D eigenvalue weighted by molar-refractivity contribution is 7.91. The van der Waals surface area contributed by atoms with Gasteiger partial charge in [-0.15, -0.1) is 11.3 Å². The highest BCUT2D eigenvalue weighted by Crippen LogP contribution is 2.30. The molecule has 1 aromatic rings. The van der Waals surface area contributed by atoms with Gasteiger partial charge >= 0.3 is 0 Å². The second-order valence-corrected chi connectivity index (χ2v) is 9.77. The van der Waals surface area contributed by atoms with Gasteiger partial charge in [-0.25, -0.2) is 13.4 Å². The number of thiazole rings is 1. The van der Waals surface area contributed by atoms with Gasteiger partial charge in [-0.3, -0.25) is 4.79 Å². The van der Waals surface area contributed by atoms with E-state index in [-0.39, 0.29) is 29.5 Å². The van der Waals surface area contributed by atoms with E-state index in [1.165, 1.54) is 17.8 Å². The molecule has 5 nitrogen and oxygen atoms in total. The van der Waals surface area contributed by atoms with Crippen molar-refractivity contribution in [3.8, 4) is 0 Å². The Morgan fingerprint density at radius 3 is 2.50 bits per heavy atom. The third-order valence-electron chi connectivity index (χ3n) is 4.64. The van der Waals surface area contributed by atoms with E-state index in [2.05, 4.69) is 4.98 Å². The Balaban J connectivity index is 1.87. The summed E-state index contributed by atoms with van der Waals surface area (Å²) in [7, 11) is -3.00. The largest absolute Gasteiger partial charge is 0.331 e. The van der Waals surface area contributed by atoms with Crippen LogP contribution < -0.4 is 0 Å². The van der Waals surface area contributed by atoms with Crippen molar-refractivity contribution in [2.75, 3.05) is 11.5 Å². The maximum Gasteiger partial charge on any atom is 0.266 e. The summed E-state index contributed by atoms with van der Waals surface area (Å²) in [5, 5.41) is 0.867. The number of aromatic nitrogens is 1. The molecule has 2 heterocycles. The topological polar surface area (TPSA) is 67.3 Å². The van der Waals surface area contributed by atoms with E-state index in [4.69, 9.17) is 0 Å². The summed E-state index contributed by atoms with van der Waals surface area (Å²) >= 11 is 1.40. The van der Waals surface area contributed by atoms with Crippen LogP contribution in [0.15, 0.2) is 6.20 Å². The fourth-order valence-corrected chi connectivity index (χ4v) is 6.00. The predicted molar refractivity (Wildman–Crippen MR) is 87.0 cm³/mol. The highest BCUT2D eigenvalue weighted by Gasteiger charge is 2.39. The molecule has 0 aromatic carbocycles. The number of rotatable bonds is 3. The van der Waals surface area contributed by atoms with E-state index < -0.39 is 9.84 Å². The molecular formula is C15H22N2O3S2. The summed E-state index contributed by atoms with van der Waals surface area (Å²) in [5.41, 5.74) is 0. The first-order chi connectivity index (χ1) is 10.5. The molecule has 1 aliphatic carbocycles. The summed E-state index contributed by atoms with van der Waals surface area (Å²) in [5.74, 6) is 0.294. The van der Waals surface area contributed by atoms with Crippen LogP contribution in [0.25, 0.3) is 0 Å². The molecule has 1 unspecified atom stereocenters. The third kappa shape index (κ3) is 3.35. The molecule has 1 atom stereocenters. The number of amides is 1. The van der Waals surface area contributed by atoms with Crippen molar-refractivity contribution < 1.29 is 13.2 Å². The van der Waals surface area contributed by atoms with E-state index in [0.717, 1.165) is 30.7 Å². The average Bonchev–Trinajstić information content (AvgIpc) is 3.06. The first-order valence-corrected chi connectivity index (χ1v) is 10.6. The normalized spacial score (nSPS) is 25.2. The third-order valence-corrected chi connectivity index (χ3v) is 7.29. The first-order valence-electron chi connectivity index (χ1n) is 7.92. The van der Waals surface area contributed by atoms with E-state index in [9.17, 15) is 13.2 Å². The van der Waals surface area contributed by atoms with Gasteiger partial charge < -0.3 is 4.90 Å². The Labute approximate surface area is 135 Å². The van der Waals surface area contributed by atoms with Crippen LogP contribution in [0.4, 0.5) is 0 Å². The molecule has 0 N–H and O–H groups in total. The highest BCUT2D eigenvalue weighted by atomic mass is 32.2. The molecule has 7 heteroatoms. The zero-order valence-electron chi connectivity index (χ0n) is 12.8. The summed E-state index contributed by atoms with van der Waals surface area (Å²) in [6, 6.07) is 0.0185. The van der Waals surface area contributed by atoms with E-state index in [1.54, 1.807) is 6.20 Å². The zero-order chi connectivity index (χ0) is 15.7. The van der Waals surface area contributed by atoms with Crippen LogP contribution in [0.3, 0.4) is 0 Å². The van der Waals surface area contributed by atoms with E-state index in [1.807, 2.05) is 11.8 Å². The number of carbonyl (C=O) groups excluding carboxylic acids is 1. The minimum absolute atomic E-state index is 0.0281. The Morgan fingerprint density at radius 1 is 1.23 bits per heavy atom. The van der Waals surface area contributed by atoms with Crippen LogP contribution in [0.2, 0.25) is 0 Å². The van der Waals surface area contributed by atoms with Crippen LogP contribution in [0.5, 0.6) is 0 Å². The van der Waals surface area contributed by atoms with Crippen molar-refractivity contribution in [3.63, 3.8) is 0 Å². The van der Waals surface area contributed by atoms with Crippen molar-refractivity contribution in [1.82, 2.24) is 9.88 Å². The second-order valence-electron chi connectivity index (χ2n) is 6.30. The Hall–Kier alpha value is -0.950. The summed E-state index contributed by atoms with van der Waals surface area (Å²) in [4.78, 5) is 19.6. The molecule has 0 bridgehead atoms. The monoisotopic (exact) mass is 342 g/mol. The van der Waals surface area contributed by atoms with Gasteiger partial charge in [0.2, 0.25) is 0 Å². The van der Waals surface area contributed by atoms with Gasteiger partial charge in [-0.2, -0.15) is 0 Å². The molecule has 3 rings (SSSR count). The van der Waals surface area contributed by atoms with Gasteiger partial charge in [0.1, 0.15) is 4.88 Å². The zero-order valence-corrected chi connectivity index (χ0v) is 14.5. The molecular weight excluding hydrogens is 320 g/mol. The minimum Gasteiger partial charge on any atom is -0.331 e. The second kappa shape index (κ2) is 6.28. The average molecular weight is 342 g/mol. The predicted octanol–water partition coefficient (Wildman–Crippen LogP) is 2.41. The molecule has 1 amide bonds. The Morgan fingerprint density at radius 2 is 1.95 bits per heavy atom. The van der Waals surface area contributed by atoms with Crippen LogP contribution >= 0.6 is 11.3 Å². The van der Waals surface area contributed by atoms with Gasteiger partial charge in [0.15, 0.2) is 9.84 Å². The van der Waals surface area contributed by atoms with Crippen molar-refractivity contribution >= 4 is 27.1 Å². The van der Waals surface area contributed by atoms with Crippen molar-refractivity contribution in [1.29, 1.82) is 0 Å². The van der Waals surface area contributed by atoms with E-state index >= 15 is 0 Å². The minimum atomic E-state index is -3.00. The summed E-state index contributed by atoms with van der Waals surface area (Å²) in [6.07, 6.45) is 7.62. The quantitative estimate of drug-likeness (QED) is 0.846. The van der Waals surface area contributed by atoms with Crippen LogP contribution in [-0.4, -0.2) is 47.8 Å². The SMILES string of the molecule is Cc1ncc(C(=O)N(C2CCCCC2)C2CCS(=O)(=O)C2)s1. The lowest BCUT2D eigenvalue weighted by Gasteiger charge is -2.38. The molecule has 22 heavy (non-hydrogen) atoms.